The molecule has 0 fully saturated rings. The third-order valence-electron chi connectivity index (χ3n) is 4.41. The fraction of sp³-hybridized carbons (Fsp3) is 0.316. The summed E-state index contributed by atoms with van der Waals surface area (Å²) in [4.78, 5) is 39.7. The van der Waals surface area contributed by atoms with E-state index in [9.17, 15) is 19.7 Å². The highest BCUT2D eigenvalue weighted by molar-refractivity contribution is 6.01. The van der Waals surface area contributed by atoms with Crippen molar-refractivity contribution >= 4 is 23.5 Å². The van der Waals surface area contributed by atoms with Gasteiger partial charge >= 0.3 is 5.82 Å². The highest BCUT2D eigenvalue weighted by Crippen LogP contribution is 2.31. The number of ether oxygens (including phenoxy) is 3. The molecule has 1 aliphatic heterocycles. The molecule has 158 valence electrons. The number of nitro groups is 1. The van der Waals surface area contributed by atoms with Gasteiger partial charge in [-0.25, -0.2) is 0 Å². The van der Waals surface area contributed by atoms with E-state index in [1.54, 1.807) is 20.3 Å². The molecule has 2 heterocycles. The molecule has 0 saturated heterocycles. The number of aromatic nitrogens is 1. The first-order valence-corrected chi connectivity index (χ1v) is 8.99. The van der Waals surface area contributed by atoms with Crippen LogP contribution in [0.2, 0.25) is 0 Å². The number of benzene rings is 1. The van der Waals surface area contributed by atoms with Gasteiger partial charge in [-0.05, 0) is 40.1 Å². The predicted molar refractivity (Wildman–Crippen MR) is 105 cm³/mol. The number of pyridine rings is 1. The number of nitrogens with zero attached hydrogens (tertiary/aromatic N) is 3. The number of hydrogen-bond acceptors (Lipinski definition) is 8. The SMILES string of the molecule is COc1ccc(CCNC(=O)CN2C(=O)COc3ccc([N+](=O)[O-])nc32)cc1OC. The van der Waals surface area contributed by atoms with E-state index in [1.807, 2.05) is 12.1 Å². The van der Waals surface area contributed by atoms with Crippen LogP contribution in [0, 0.1) is 10.1 Å². The van der Waals surface area contributed by atoms with Gasteiger partial charge in [-0.1, -0.05) is 6.07 Å². The maximum Gasteiger partial charge on any atom is 0.366 e. The molecular weight excluding hydrogens is 396 g/mol. The second kappa shape index (κ2) is 9.07. The van der Waals surface area contributed by atoms with Gasteiger partial charge in [0.2, 0.25) is 5.91 Å². The highest BCUT2D eigenvalue weighted by atomic mass is 16.6. The first-order valence-electron chi connectivity index (χ1n) is 8.99. The number of anilines is 1. The number of methoxy groups -OCH3 is 2. The molecule has 0 spiro atoms. The molecular formula is C19H20N4O7. The molecule has 0 aliphatic carbocycles. The van der Waals surface area contributed by atoms with Crippen molar-refractivity contribution in [3.05, 3.63) is 46.0 Å². The van der Waals surface area contributed by atoms with Gasteiger partial charge in [0.1, 0.15) is 6.54 Å². The Hall–Kier alpha value is -3.89. The normalized spacial score (nSPS) is 12.6. The molecule has 0 bridgehead atoms. The zero-order chi connectivity index (χ0) is 21.7. The number of amides is 2. The average molecular weight is 416 g/mol. The lowest BCUT2D eigenvalue weighted by Crippen LogP contribution is -2.46. The van der Waals surface area contributed by atoms with Gasteiger partial charge in [0.25, 0.3) is 11.7 Å². The maximum atomic E-state index is 12.3. The molecule has 1 N–H and O–H groups in total. The van der Waals surface area contributed by atoms with Crippen LogP contribution >= 0.6 is 0 Å². The number of carbonyl (C=O) groups excluding carboxylic acids is 2. The molecule has 2 aromatic rings. The molecule has 11 nitrogen and oxygen atoms in total. The van der Waals surface area contributed by atoms with Crippen molar-refractivity contribution in [1.29, 1.82) is 0 Å². The van der Waals surface area contributed by atoms with Crippen molar-refractivity contribution in [2.75, 3.05) is 38.8 Å². The van der Waals surface area contributed by atoms with Gasteiger partial charge in [-0.15, -0.1) is 0 Å². The Morgan fingerprint density at radius 3 is 2.73 bits per heavy atom. The van der Waals surface area contributed by atoms with E-state index in [-0.39, 0.29) is 24.7 Å². The van der Waals surface area contributed by atoms with E-state index in [2.05, 4.69) is 10.3 Å². The topological polar surface area (TPSA) is 133 Å². The van der Waals surface area contributed by atoms with Crippen LogP contribution in [0.5, 0.6) is 17.2 Å². The Kier molecular flexibility index (Phi) is 6.30. The molecule has 0 unspecified atom stereocenters. The van der Waals surface area contributed by atoms with Crippen molar-refractivity contribution in [2.45, 2.75) is 6.42 Å². The molecule has 1 aromatic carbocycles. The van der Waals surface area contributed by atoms with Crippen LogP contribution in [0.4, 0.5) is 11.6 Å². The summed E-state index contributed by atoms with van der Waals surface area (Å²) >= 11 is 0. The van der Waals surface area contributed by atoms with Gasteiger partial charge in [0.05, 0.1) is 14.2 Å². The summed E-state index contributed by atoms with van der Waals surface area (Å²) in [6.07, 6.45) is 0.531. The van der Waals surface area contributed by atoms with Crippen LogP contribution in [0.25, 0.3) is 0 Å². The molecule has 30 heavy (non-hydrogen) atoms. The van der Waals surface area contributed by atoms with E-state index < -0.39 is 22.6 Å². The van der Waals surface area contributed by atoms with E-state index in [0.29, 0.717) is 24.5 Å². The minimum Gasteiger partial charge on any atom is -0.493 e. The Morgan fingerprint density at radius 2 is 2.03 bits per heavy atom. The number of hydrogen-bond donors (Lipinski definition) is 1. The first kappa shape index (κ1) is 20.8. The Morgan fingerprint density at radius 1 is 1.27 bits per heavy atom. The largest absolute Gasteiger partial charge is 0.493 e. The minimum absolute atomic E-state index is 0.0458. The number of nitrogens with one attached hydrogen (secondary N) is 1. The first-order chi connectivity index (χ1) is 14.4. The van der Waals surface area contributed by atoms with Crippen LogP contribution in [0.3, 0.4) is 0 Å². The molecule has 1 aliphatic rings. The number of carbonyl (C=O) groups is 2. The van der Waals surface area contributed by atoms with Gasteiger partial charge in [0, 0.05) is 12.6 Å². The van der Waals surface area contributed by atoms with E-state index >= 15 is 0 Å². The van der Waals surface area contributed by atoms with Gasteiger partial charge < -0.3 is 29.6 Å². The van der Waals surface area contributed by atoms with Crippen molar-refractivity contribution in [3.63, 3.8) is 0 Å². The molecule has 2 amide bonds. The van der Waals surface area contributed by atoms with Gasteiger partial charge in [-0.3, -0.25) is 14.5 Å². The molecule has 1 aromatic heterocycles. The predicted octanol–water partition coefficient (Wildman–Crippen LogP) is 1.09. The second-order valence-electron chi connectivity index (χ2n) is 6.31. The summed E-state index contributed by atoms with van der Waals surface area (Å²) in [5.41, 5.74) is 0.929. The van der Waals surface area contributed by atoms with Crippen LogP contribution in [-0.2, 0) is 16.0 Å². The van der Waals surface area contributed by atoms with Crippen LogP contribution in [0.1, 0.15) is 5.56 Å². The highest BCUT2D eigenvalue weighted by Gasteiger charge is 2.33. The lowest BCUT2D eigenvalue weighted by Gasteiger charge is -2.24. The fourth-order valence-corrected chi connectivity index (χ4v) is 2.91. The standard InChI is InChI=1S/C19H20N4O7/c1-28-13-4-3-12(9-15(13)29-2)7-8-20-17(24)10-22-18(25)11-30-14-5-6-16(23(26)27)21-19(14)22/h3-6,9H,7-8,10-11H2,1-2H3,(H,20,24). The van der Waals surface area contributed by atoms with E-state index in [1.165, 1.54) is 12.1 Å². The molecule has 0 radical (unpaired) electrons. The quantitative estimate of drug-likeness (QED) is 0.499. The van der Waals surface area contributed by atoms with Gasteiger partial charge in [0.15, 0.2) is 23.9 Å². The number of fused-ring (bicyclic) bond motifs is 1. The molecule has 0 atom stereocenters. The van der Waals surface area contributed by atoms with Crippen LogP contribution in [-0.4, -0.2) is 55.6 Å². The van der Waals surface area contributed by atoms with Crippen molar-refractivity contribution in [1.82, 2.24) is 10.3 Å². The summed E-state index contributed by atoms with van der Waals surface area (Å²) in [5.74, 6) is -0.0175. The van der Waals surface area contributed by atoms with E-state index in [4.69, 9.17) is 14.2 Å². The monoisotopic (exact) mass is 416 g/mol. The average Bonchev–Trinajstić information content (AvgIpc) is 2.75. The summed E-state index contributed by atoms with van der Waals surface area (Å²) in [6.45, 7) is -0.275. The van der Waals surface area contributed by atoms with Crippen molar-refractivity contribution in [2.24, 2.45) is 0 Å². The second-order valence-corrected chi connectivity index (χ2v) is 6.31. The molecule has 3 rings (SSSR count). The van der Waals surface area contributed by atoms with E-state index in [0.717, 1.165) is 10.5 Å². The van der Waals surface area contributed by atoms with Crippen LogP contribution < -0.4 is 24.4 Å². The zero-order valence-electron chi connectivity index (χ0n) is 16.4. The molecule has 11 heteroatoms. The summed E-state index contributed by atoms with van der Waals surface area (Å²) < 4.78 is 15.7. The third-order valence-corrected chi connectivity index (χ3v) is 4.41. The van der Waals surface area contributed by atoms with Crippen molar-refractivity contribution in [3.8, 4) is 17.2 Å². The van der Waals surface area contributed by atoms with Crippen molar-refractivity contribution < 1.29 is 28.7 Å². The Labute approximate surface area is 171 Å². The summed E-state index contributed by atoms with van der Waals surface area (Å²) in [6, 6.07) is 7.98. The smallest absolute Gasteiger partial charge is 0.366 e. The van der Waals surface area contributed by atoms with Crippen LogP contribution in [0.15, 0.2) is 30.3 Å². The zero-order valence-corrected chi connectivity index (χ0v) is 16.4. The summed E-state index contributed by atoms with van der Waals surface area (Å²) in [5, 5.41) is 13.7. The fourth-order valence-electron chi connectivity index (χ4n) is 2.91. The lowest BCUT2D eigenvalue weighted by molar-refractivity contribution is -0.389. The third kappa shape index (κ3) is 4.57. The lowest BCUT2D eigenvalue weighted by atomic mass is 10.1. The van der Waals surface area contributed by atoms with Gasteiger partial charge in [-0.2, -0.15) is 0 Å². The summed E-state index contributed by atoms with van der Waals surface area (Å²) in [7, 11) is 3.09. The molecule has 0 saturated carbocycles. The Balaban J connectivity index is 1.62. The maximum absolute atomic E-state index is 12.3. The number of rotatable bonds is 8. The Bertz CT molecular complexity index is 979. The minimum atomic E-state index is -0.680.